The molecule has 3 aromatic rings. The fraction of sp³-hybridized carbons (Fsp3) is 0.0667. The quantitative estimate of drug-likeness (QED) is 0.588. The predicted octanol–water partition coefficient (Wildman–Crippen LogP) is 5.05. The molecular weight excluding hydrogens is 298 g/mol. The Balaban J connectivity index is 2.28. The van der Waals surface area contributed by atoms with Crippen molar-refractivity contribution in [3.05, 3.63) is 58.0 Å². The van der Waals surface area contributed by atoms with E-state index in [1.54, 1.807) is 18.2 Å². The van der Waals surface area contributed by atoms with Crippen LogP contribution in [0.1, 0.15) is 5.56 Å². The molecule has 0 bridgehead atoms. The highest BCUT2D eigenvalue weighted by molar-refractivity contribution is 6.34. The molecule has 2 nitrogen and oxygen atoms in total. The Morgan fingerprint density at radius 1 is 1.05 bits per heavy atom. The number of rotatable bonds is 1. The second-order valence-corrected chi connectivity index (χ2v) is 5.23. The minimum atomic E-state index is -0.424. The van der Waals surface area contributed by atoms with Crippen molar-refractivity contribution < 1.29 is 4.39 Å². The van der Waals surface area contributed by atoms with Crippen LogP contribution in [0, 0.1) is 12.7 Å². The van der Waals surface area contributed by atoms with E-state index in [9.17, 15) is 4.39 Å². The second-order valence-electron chi connectivity index (χ2n) is 4.43. The third-order valence-electron chi connectivity index (χ3n) is 3.06. The normalized spacial score (nSPS) is 11.0. The fourth-order valence-corrected chi connectivity index (χ4v) is 2.59. The van der Waals surface area contributed by atoms with Crippen LogP contribution in [0.5, 0.6) is 0 Å². The molecule has 2 aromatic carbocycles. The van der Waals surface area contributed by atoms with Crippen LogP contribution in [-0.2, 0) is 0 Å². The van der Waals surface area contributed by atoms with Gasteiger partial charge in [0.1, 0.15) is 11.0 Å². The summed E-state index contributed by atoms with van der Waals surface area (Å²) in [4.78, 5) is 8.57. The van der Waals surface area contributed by atoms with Crippen LogP contribution in [0.2, 0.25) is 10.2 Å². The molecule has 1 aromatic heterocycles. The van der Waals surface area contributed by atoms with Crippen LogP contribution in [-0.4, -0.2) is 9.97 Å². The first-order valence-electron chi connectivity index (χ1n) is 5.94. The van der Waals surface area contributed by atoms with Gasteiger partial charge in [0.05, 0.1) is 10.9 Å². The molecule has 0 saturated heterocycles. The Hall–Kier alpha value is -1.71. The smallest absolute Gasteiger partial charge is 0.161 e. The van der Waals surface area contributed by atoms with Crippen molar-refractivity contribution in [1.29, 1.82) is 0 Å². The molecule has 0 saturated carbocycles. The average molecular weight is 307 g/mol. The highest BCUT2D eigenvalue weighted by Crippen LogP contribution is 2.29. The summed E-state index contributed by atoms with van der Waals surface area (Å²) in [5.41, 5.74) is 2.24. The monoisotopic (exact) mass is 306 g/mol. The fourth-order valence-electron chi connectivity index (χ4n) is 2.10. The predicted molar refractivity (Wildman–Crippen MR) is 79.7 cm³/mol. The van der Waals surface area contributed by atoms with Crippen molar-refractivity contribution in [3.63, 3.8) is 0 Å². The molecule has 0 aliphatic heterocycles. The molecule has 0 unspecified atom stereocenters. The molecule has 0 spiro atoms. The van der Waals surface area contributed by atoms with Gasteiger partial charge in [-0.25, -0.2) is 14.4 Å². The maximum absolute atomic E-state index is 13.7. The first-order valence-corrected chi connectivity index (χ1v) is 6.70. The largest absolute Gasteiger partial charge is 0.228 e. The van der Waals surface area contributed by atoms with Crippen LogP contribution >= 0.6 is 23.2 Å². The summed E-state index contributed by atoms with van der Waals surface area (Å²) in [6.07, 6.45) is 0. The second kappa shape index (κ2) is 5.00. The molecule has 0 amide bonds. The number of fused-ring (bicyclic) bond motifs is 1. The Bertz CT molecular complexity index is 818. The summed E-state index contributed by atoms with van der Waals surface area (Å²) in [5, 5.41) is 0.992. The number of nitrogens with zero attached hydrogens (tertiary/aromatic N) is 2. The lowest BCUT2D eigenvalue weighted by molar-refractivity contribution is 0.639. The van der Waals surface area contributed by atoms with Gasteiger partial charge in [0.25, 0.3) is 0 Å². The third kappa shape index (κ3) is 2.23. The lowest BCUT2D eigenvalue weighted by Gasteiger charge is -2.08. The topological polar surface area (TPSA) is 25.8 Å². The number of aryl methyl sites for hydroxylation is 1. The van der Waals surface area contributed by atoms with E-state index in [0.717, 1.165) is 11.1 Å². The van der Waals surface area contributed by atoms with Crippen LogP contribution in [0.4, 0.5) is 4.39 Å². The molecule has 0 aliphatic carbocycles. The van der Waals surface area contributed by atoms with Crippen LogP contribution in [0.15, 0.2) is 36.4 Å². The van der Waals surface area contributed by atoms with Crippen molar-refractivity contribution in [2.45, 2.75) is 6.92 Å². The molecule has 0 atom stereocenters. The summed E-state index contributed by atoms with van der Waals surface area (Å²) in [6.45, 7) is 1.91. The van der Waals surface area contributed by atoms with Crippen LogP contribution in [0.3, 0.4) is 0 Å². The number of benzene rings is 2. The zero-order valence-corrected chi connectivity index (χ0v) is 12.0. The highest BCUT2D eigenvalue weighted by atomic mass is 35.5. The standard InChI is InChI=1S/C15H9Cl2FN2/c1-8-7-9(16)5-6-10(8)15-19-12-4-2-3-11(18)13(12)14(17)20-15/h2-7H,1H3. The van der Waals surface area contributed by atoms with E-state index >= 15 is 0 Å². The molecule has 0 radical (unpaired) electrons. The van der Waals surface area contributed by atoms with Crippen molar-refractivity contribution in [2.24, 2.45) is 0 Å². The number of hydrogen-bond acceptors (Lipinski definition) is 2. The molecule has 5 heteroatoms. The van der Waals surface area contributed by atoms with E-state index in [1.807, 2.05) is 19.1 Å². The molecular formula is C15H9Cl2FN2. The first-order chi connectivity index (χ1) is 9.56. The summed E-state index contributed by atoms with van der Waals surface area (Å²) >= 11 is 12.0. The van der Waals surface area contributed by atoms with Crippen molar-refractivity contribution in [2.75, 3.05) is 0 Å². The van der Waals surface area contributed by atoms with E-state index < -0.39 is 5.82 Å². The summed E-state index contributed by atoms with van der Waals surface area (Å²) in [5.74, 6) is 0.0362. The number of aromatic nitrogens is 2. The average Bonchev–Trinajstić information content (AvgIpc) is 2.38. The Morgan fingerprint density at radius 3 is 2.60 bits per heavy atom. The van der Waals surface area contributed by atoms with Crippen LogP contribution in [0.25, 0.3) is 22.3 Å². The molecule has 0 fully saturated rings. The Kier molecular flexibility index (Phi) is 3.32. The Labute approximate surface area is 125 Å². The van der Waals surface area contributed by atoms with Gasteiger partial charge in [0, 0.05) is 10.6 Å². The Morgan fingerprint density at radius 2 is 1.85 bits per heavy atom. The lowest BCUT2D eigenvalue weighted by Crippen LogP contribution is -1.95. The molecule has 0 N–H and O–H groups in total. The first kappa shape index (κ1) is 13.3. The molecule has 0 aliphatic rings. The van der Waals surface area contributed by atoms with Gasteiger partial charge in [-0.2, -0.15) is 0 Å². The summed E-state index contributed by atoms with van der Waals surface area (Å²) < 4.78 is 13.7. The van der Waals surface area contributed by atoms with Gasteiger partial charge < -0.3 is 0 Å². The van der Waals surface area contributed by atoms with Gasteiger partial charge >= 0.3 is 0 Å². The van der Waals surface area contributed by atoms with Gasteiger partial charge in [-0.3, -0.25) is 0 Å². The van der Waals surface area contributed by atoms with E-state index in [0.29, 0.717) is 16.4 Å². The molecule has 20 heavy (non-hydrogen) atoms. The number of halogens is 3. The molecule has 3 rings (SSSR count). The van der Waals surface area contributed by atoms with Gasteiger partial charge in [-0.1, -0.05) is 29.3 Å². The van der Waals surface area contributed by atoms with Gasteiger partial charge in [-0.05, 0) is 42.8 Å². The zero-order valence-electron chi connectivity index (χ0n) is 10.5. The van der Waals surface area contributed by atoms with Gasteiger partial charge in [-0.15, -0.1) is 0 Å². The summed E-state index contributed by atoms with van der Waals surface area (Å²) in [6, 6.07) is 10.1. The van der Waals surface area contributed by atoms with E-state index in [2.05, 4.69) is 9.97 Å². The summed E-state index contributed by atoms with van der Waals surface area (Å²) in [7, 11) is 0. The van der Waals surface area contributed by atoms with Crippen LogP contribution < -0.4 is 0 Å². The zero-order chi connectivity index (χ0) is 14.3. The van der Waals surface area contributed by atoms with Crippen molar-refractivity contribution in [1.82, 2.24) is 9.97 Å². The van der Waals surface area contributed by atoms with Crippen molar-refractivity contribution >= 4 is 34.1 Å². The third-order valence-corrected chi connectivity index (χ3v) is 3.57. The number of hydrogen-bond donors (Lipinski definition) is 0. The minimum Gasteiger partial charge on any atom is -0.228 e. The maximum Gasteiger partial charge on any atom is 0.161 e. The molecule has 1 heterocycles. The minimum absolute atomic E-state index is 0.109. The van der Waals surface area contributed by atoms with Gasteiger partial charge in [0.15, 0.2) is 5.82 Å². The SMILES string of the molecule is Cc1cc(Cl)ccc1-c1nc(Cl)c2c(F)cccc2n1. The lowest BCUT2D eigenvalue weighted by atomic mass is 10.1. The van der Waals surface area contributed by atoms with Crippen molar-refractivity contribution in [3.8, 4) is 11.4 Å². The molecule has 100 valence electrons. The van der Waals surface area contributed by atoms with E-state index in [1.165, 1.54) is 6.07 Å². The van der Waals surface area contributed by atoms with E-state index in [4.69, 9.17) is 23.2 Å². The highest BCUT2D eigenvalue weighted by Gasteiger charge is 2.12. The van der Waals surface area contributed by atoms with Gasteiger partial charge in [0.2, 0.25) is 0 Å². The van der Waals surface area contributed by atoms with E-state index in [-0.39, 0.29) is 10.5 Å². The maximum atomic E-state index is 13.7.